The summed E-state index contributed by atoms with van der Waals surface area (Å²) in [7, 11) is 0. The molecular formula is C25H20N2O5S2. The van der Waals surface area contributed by atoms with Crippen molar-refractivity contribution < 1.29 is 19.2 Å². The summed E-state index contributed by atoms with van der Waals surface area (Å²) in [5, 5.41) is 10.7. The highest BCUT2D eigenvalue weighted by molar-refractivity contribution is 8.27. The number of amides is 1. The summed E-state index contributed by atoms with van der Waals surface area (Å²) < 4.78 is 11.7. The number of carbonyl (C=O) groups is 1. The van der Waals surface area contributed by atoms with Gasteiger partial charge in [0.2, 0.25) is 0 Å². The monoisotopic (exact) mass is 492 g/mol. The lowest BCUT2D eigenvalue weighted by molar-refractivity contribution is -0.384. The van der Waals surface area contributed by atoms with Gasteiger partial charge in [-0.3, -0.25) is 19.8 Å². The van der Waals surface area contributed by atoms with Crippen molar-refractivity contribution in [2.45, 2.75) is 13.5 Å². The van der Waals surface area contributed by atoms with Gasteiger partial charge in [0.1, 0.15) is 18.1 Å². The number of ether oxygens (including phenoxy) is 2. The zero-order chi connectivity index (χ0) is 24.1. The number of anilines is 1. The second-order valence-corrected chi connectivity index (χ2v) is 8.90. The van der Waals surface area contributed by atoms with Gasteiger partial charge >= 0.3 is 0 Å². The van der Waals surface area contributed by atoms with Crippen LogP contribution in [0.25, 0.3) is 6.08 Å². The fourth-order valence-electron chi connectivity index (χ4n) is 3.24. The number of hydrogen-bond donors (Lipinski definition) is 0. The van der Waals surface area contributed by atoms with Gasteiger partial charge in [-0.2, -0.15) is 0 Å². The second kappa shape index (κ2) is 10.5. The van der Waals surface area contributed by atoms with Crippen molar-refractivity contribution in [3.63, 3.8) is 0 Å². The number of non-ortho nitro benzene ring substituents is 1. The van der Waals surface area contributed by atoms with E-state index in [1.54, 1.807) is 18.2 Å². The predicted molar refractivity (Wildman–Crippen MR) is 137 cm³/mol. The Morgan fingerprint density at radius 2 is 1.59 bits per heavy atom. The van der Waals surface area contributed by atoms with E-state index in [2.05, 4.69) is 0 Å². The van der Waals surface area contributed by atoms with Gasteiger partial charge in [0.15, 0.2) is 4.32 Å². The molecule has 0 aromatic heterocycles. The number of nitrogens with zero attached hydrogens (tertiary/aromatic N) is 2. The molecule has 0 aliphatic carbocycles. The maximum atomic E-state index is 13.0. The van der Waals surface area contributed by atoms with E-state index in [0.717, 1.165) is 16.9 Å². The zero-order valence-electron chi connectivity index (χ0n) is 18.2. The van der Waals surface area contributed by atoms with Crippen molar-refractivity contribution in [1.29, 1.82) is 0 Å². The molecule has 3 aromatic carbocycles. The lowest BCUT2D eigenvalue weighted by atomic mass is 10.2. The number of nitro groups is 1. The highest BCUT2D eigenvalue weighted by atomic mass is 32.2. The highest BCUT2D eigenvalue weighted by Gasteiger charge is 2.33. The molecule has 0 unspecified atom stereocenters. The Hall–Kier alpha value is -3.69. The highest BCUT2D eigenvalue weighted by Crippen LogP contribution is 2.36. The molecule has 1 fully saturated rings. The normalized spacial score (nSPS) is 14.5. The fraction of sp³-hybridized carbons (Fsp3) is 0.120. The van der Waals surface area contributed by atoms with Gasteiger partial charge in [-0.15, -0.1) is 0 Å². The van der Waals surface area contributed by atoms with Crippen molar-refractivity contribution in [3.05, 3.63) is 98.9 Å². The Morgan fingerprint density at radius 3 is 2.21 bits per heavy atom. The molecule has 0 spiro atoms. The van der Waals surface area contributed by atoms with Crippen LogP contribution in [-0.4, -0.2) is 21.8 Å². The summed E-state index contributed by atoms with van der Waals surface area (Å²) in [6, 6.07) is 20.8. The minimum absolute atomic E-state index is 0.0426. The molecule has 0 atom stereocenters. The summed E-state index contributed by atoms with van der Waals surface area (Å²) in [5.74, 6) is 1.22. The molecule has 0 bridgehead atoms. The number of nitro benzene ring substituents is 1. The number of hydrogen-bond acceptors (Lipinski definition) is 7. The Bertz CT molecular complexity index is 1240. The van der Waals surface area contributed by atoms with Crippen LogP contribution in [0, 0.1) is 10.1 Å². The average Bonchev–Trinajstić information content (AvgIpc) is 3.12. The van der Waals surface area contributed by atoms with E-state index in [1.165, 1.54) is 28.8 Å². The summed E-state index contributed by atoms with van der Waals surface area (Å²) in [5.41, 5.74) is 2.41. The third kappa shape index (κ3) is 5.44. The van der Waals surface area contributed by atoms with E-state index in [0.29, 0.717) is 27.3 Å². The third-order valence-corrected chi connectivity index (χ3v) is 6.23. The zero-order valence-corrected chi connectivity index (χ0v) is 19.8. The number of benzene rings is 3. The van der Waals surface area contributed by atoms with E-state index < -0.39 is 4.92 Å². The molecule has 4 rings (SSSR count). The maximum absolute atomic E-state index is 13.0. The number of carbonyl (C=O) groups excluding carboxylic acids is 1. The summed E-state index contributed by atoms with van der Waals surface area (Å²) in [6.07, 6.45) is 1.80. The standard InChI is InChI=1S/C25H20N2O5S2/c1-2-31-21-13-9-19(10-14-21)26-24(28)23(34-25(26)33)15-17-5-11-22(12-6-17)32-16-18-3-7-20(8-4-18)27(29)30/h3-15H,2,16H2,1H3/b23-15+. The average molecular weight is 493 g/mol. The first-order valence-corrected chi connectivity index (χ1v) is 11.6. The van der Waals surface area contributed by atoms with Crippen LogP contribution >= 0.6 is 24.0 Å². The minimum atomic E-state index is -0.435. The number of thiocarbonyl (C=S) groups is 1. The van der Waals surface area contributed by atoms with Gasteiger partial charge < -0.3 is 9.47 Å². The van der Waals surface area contributed by atoms with Crippen molar-refractivity contribution >= 4 is 51.7 Å². The second-order valence-electron chi connectivity index (χ2n) is 7.23. The predicted octanol–water partition coefficient (Wildman–Crippen LogP) is 5.98. The van der Waals surface area contributed by atoms with Crippen LogP contribution in [0.4, 0.5) is 11.4 Å². The van der Waals surface area contributed by atoms with Crippen molar-refractivity contribution in [2.24, 2.45) is 0 Å². The van der Waals surface area contributed by atoms with Crippen LogP contribution < -0.4 is 14.4 Å². The number of rotatable bonds is 8. The molecule has 1 saturated heterocycles. The molecule has 0 saturated carbocycles. The molecule has 0 radical (unpaired) electrons. The van der Waals surface area contributed by atoms with Gasteiger partial charge in [-0.1, -0.05) is 36.1 Å². The molecule has 7 nitrogen and oxygen atoms in total. The fourth-order valence-corrected chi connectivity index (χ4v) is 4.54. The molecule has 1 aliphatic heterocycles. The SMILES string of the molecule is CCOc1ccc(N2C(=O)/C(=C\c3ccc(OCc4ccc([N+](=O)[O-])cc4)cc3)SC2=S)cc1. The van der Waals surface area contributed by atoms with Gasteiger partial charge in [-0.05, 0) is 72.7 Å². The first-order valence-electron chi connectivity index (χ1n) is 10.4. The smallest absolute Gasteiger partial charge is 0.270 e. The Kier molecular flexibility index (Phi) is 7.24. The molecule has 0 N–H and O–H groups in total. The summed E-state index contributed by atoms with van der Waals surface area (Å²) >= 11 is 6.70. The van der Waals surface area contributed by atoms with Gasteiger partial charge in [0.05, 0.1) is 22.1 Å². The molecule has 1 aliphatic rings. The molecular weight excluding hydrogens is 472 g/mol. The van der Waals surface area contributed by atoms with Crippen LogP contribution in [0.1, 0.15) is 18.1 Å². The van der Waals surface area contributed by atoms with Crippen LogP contribution in [-0.2, 0) is 11.4 Å². The molecule has 1 heterocycles. The topological polar surface area (TPSA) is 81.9 Å². The number of thioether (sulfide) groups is 1. The van der Waals surface area contributed by atoms with E-state index in [9.17, 15) is 14.9 Å². The summed E-state index contributed by atoms with van der Waals surface area (Å²) in [4.78, 5) is 25.3. The van der Waals surface area contributed by atoms with Crippen LogP contribution in [0.2, 0.25) is 0 Å². The van der Waals surface area contributed by atoms with Crippen LogP contribution in [0.5, 0.6) is 11.5 Å². The third-order valence-electron chi connectivity index (χ3n) is 4.93. The molecule has 1 amide bonds. The Labute approximate surface area is 206 Å². The largest absolute Gasteiger partial charge is 0.494 e. The van der Waals surface area contributed by atoms with Crippen LogP contribution in [0.3, 0.4) is 0 Å². The van der Waals surface area contributed by atoms with Gasteiger partial charge in [0, 0.05) is 12.1 Å². The van der Waals surface area contributed by atoms with Crippen molar-refractivity contribution in [3.8, 4) is 11.5 Å². The lowest BCUT2D eigenvalue weighted by Gasteiger charge is -2.15. The first kappa shape index (κ1) is 23.5. The quantitative estimate of drug-likeness (QED) is 0.166. The first-order chi connectivity index (χ1) is 16.4. The van der Waals surface area contributed by atoms with Crippen molar-refractivity contribution in [2.75, 3.05) is 11.5 Å². The van der Waals surface area contributed by atoms with Crippen molar-refractivity contribution in [1.82, 2.24) is 0 Å². The van der Waals surface area contributed by atoms with E-state index in [1.807, 2.05) is 55.5 Å². The van der Waals surface area contributed by atoms with E-state index >= 15 is 0 Å². The molecule has 34 heavy (non-hydrogen) atoms. The molecule has 172 valence electrons. The van der Waals surface area contributed by atoms with E-state index in [4.69, 9.17) is 21.7 Å². The van der Waals surface area contributed by atoms with Gasteiger partial charge in [0.25, 0.3) is 11.6 Å². The molecule has 9 heteroatoms. The van der Waals surface area contributed by atoms with Crippen LogP contribution in [0.15, 0.2) is 77.7 Å². The minimum Gasteiger partial charge on any atom is -0.494 e. The van der Waals surface area contributed by atoms with E-state index in [-0.39, 0.29) is 18.2 Å². The van der Waals surface area contributed by atoms with Gasteiger partial charge in [-0.25, -0.2) is 0 Å². The maximum Gasteiger partial charge on any atom is 0.270 e. The Balaban J connectivity index is 1.40. The Morgan fingerprint density at radius 1 is 0.971 bits per heavy atom. The molecule has 3 aromatic rings. The lowest BCUT2D eigenvalue weighted by Crippen LogP contribution is -2.27. The summed E-state index contributed by atoms with van der Waals surface area (Å²) in [6.45, 7) is 2.78.